The van der Waals surface area contributed by atoms with Crippen molar-refractivity contribution < 1.29 is 0 Å². The van der Waals surface area contributed by atoms with Crippen LogP contribution < -0.4 is 5.32 Å². The van der Waals surface area contributed by atoms with Gasteiger partial charge in [-0.3, -0.25) is 0 Å². The summed E-state index contributed by atoms with van der Waals surface area (Å²) in [5, 5.41) is 4.30. The zero-order chi connectivity index (χ0) is 11.4. The van der Waals surface area contributed by atoms with Gasteiger partial charge in [0, 0.05) is 24.0 Å². The van der Waals surface area contributed by atoms with Gasteiger partial charge in [0.25, 0.3) is 0 Å². The summed E-state index contributed by atoms with van der Waals surface area (Å²) in [6, 6.07) is 0. The summed E-state index contributed by atoms with van der Waals surface area (Å²) < 4.78 is 4.31. The third-order valence-electron chi connectivity index (χ3n) is 2.67. The Labute approximate surface area is 96.5 Å². The topological polar surface area (TPSA) is 37.8 Å². The molecule has 1 aromatic rings. The minimum Gasteiger partial charge on any atom is -0.360 e. The average molecular weight is 227 g/mol. The minimum atomic E-state index is 0.416. The molecule has 0 aliphatic heterocycles. The molecule has 0 fully saturated rings. The van der Waals surface area contributed by atoms with E-state index in [-0.39, 0.29) is 0 Å². The lowest BCUT2D eigenvalue weighted by molar-refractivity contribution is 0.439. The van der Waals surface area contributed by atoms with Gasteiger partial charge in [-0.25, -0.2) is 4.98 Å². The molecule has 3 nitrogen and oxygen atoms in total. The third kappa shape index (κ3) is 3.78. The summed E-state index contributed by atoms with van der Waals surface area (Å²) in [6.45, 7) is 11.9. The average Bonchev–Trinajstić information content (AvgIpc) is 2.62. The number of hydrogen-bond acceptors (Lipinski definition) is 4. The van der Waals surface area contributed by atoms with Crippen LogP contribution in [0.4, 0.5) is 5.13 Å². The molecular weight excluding hydrogens is 206 g/mol. The van der Waals surface area contributed by atoms with Gasteiger partial charge < -0.3 is 5.32 Å². The summed E-state index contributed by atoms with van der Waals surface area (Å²) in [6.07, 6.45) is 0. The molecule has 0 aliphatic carbocycles. The highest BCUT2D eigenvalue weighted by Crippen LogP contribution is 2.18. The second-order valence-corrected chi connectivity index (χ2v) is 5.47. The molecule has 0 aliphatic rings. The van der Waals surface area contributed by atoms with Gasteiger partial charge in [-0.05, 0) is 11.8 Å². The van der Waals surface area contributed by atoms with E-state index in [1.54, 1.807) is 0 Å². The van der Waals surface area contributed by atoms with E-state index < -0.39 is 0 Å². The van der Waals surface area contributed by atoms with E-state index in [9.17, 15) is 0 Å². The molecule has 15 heavy (non-hydrogen) atoms. The van der Waals surface area contributed by atoms with Crippen molar-refractivity contribution in [3.63, 3.8) is 0 Å². The van der Waals surface area contributed by atoms with Crippen molar-refractivity contribution in [2.24, 2.45) is 11.8 Å². The van der Waals surface area contributed by atoms with Crippen LogP contribution in [0.5, 0.6) is 0 Å². The van der Waals surface area contributed by atoms with Crippen LogP contribution in [0, 0.1) is 11.8 Å². The molecule has 1 heterocycles. The molecule has 0 saturated heterocycles. The Kier molecular flexibility index (Phi) is 4.51. The lowest BCUT2D eigenvalue weighted by atomic mass is 9.98. The van der Waals surface area contributed by atoms with E-state index in [2.05, 4.69) is 49.3 Å². The maximum atomic E-state index is 4.44. The third-order valence-corrected chi connectivity index (χ3v) is 3.36. The van der Waals surface area contributed by atoms with Gasteiger partial charge in [-0.15, -0.1) is 0 Å². The molecule has 1 rings (SSSR count). The normalized spacial score (nSPS) is 13.5. The van der Waals surface area contributed by atoms with Gasteiger partial charge in [-0.2, -0.15) is 4.37 Å². The van der Waals surface area contributed by atoms with Crippen molar-refractivity contribution in [3.8, 4) is 0 Å². The summed E-state index contributed by atoms with van der Waals surface area (Å²) >= 11 is 1.46. The number of aromatic nitrogens is 2. The zero-order valence-electron chi connectivity index (χ0n) is 10.2. The van der Waals surface area contributed by atoms with Gasteiger partial charge in [0.05, 0.1) is 0 Å². The molecule has 1 unspecified atom stereocenters. The standard InChI is InChI=1S/C11H21N3S/c1-7(2)9(5)6-12-11-13-10(8(3)4)14-15-11/h7-9H,6H2,1-5H3,(H,12,13,14). The second kappa shape index (κ2) is 5.45. The predicted molar refractivity (Wildman–Crippen MR) is 66.5 cm³/mol. The van der Waals surface area contributed by atoms with Crippen LogP contribution in [0.15, 0.2) is 0 Å². The first-order valence-electron chi connectivity index (χ1n) is 5.58. The number of nitrogens with zero attached hydrogens (tertiary/aromatic N) is 2. The van der Waals surface area contributed by atoms with Gasteiger partial charge in [-0.1, -0.05) is 34.6 Å². The van der Waals surface area contributed by atoms with Crippen LogP contribution in [0.1, 0.15) is 46.4 Å². The van der Waals surface area contributed by atoms with E-state index >= 15 is 0 Å². The summed E-state index contributed by atoms with van der Waals surface area (Å²) in [7, 11) is 0. The van der Waals surface area contributed by atoms with Gasteiger partial charge in [0.2, 0.25) is 5.13 Å². The van der Waals surface area contributed by atoms with E-state index in [0.717, 1.165) is 17.5 Å². The van der Waals surface area contributed by atoms with Gasteiger partial charge in [0.1, 0.15) is 5.82 Å². The fraction of sp³-hybridized carbons (Fsp3) is 0.818. The van der Waals surface area contributed by atoms with E-state index in [4.69, 9.17) is 0 Å². The SMILES string of the molecule is CC(C)c1nsc(NCC(C)C(C)C)n1. The molecule has 1 atom stereocenters. The smallest absolute Gasteiger partial charge is 0.202 e. The summed E-state index contributed by atoms with van der Waals surface area (Å²) in [4.78, 5) is 4.44. The first-order valence-corrected chi connectivity index (χ1v) is 6.35. The van der Waals surface area contributed by atoms with Crippen molar-refractivity contribution in [2.75, 3.05) is 11.9 Å². The van der Waals surface area contributed by atoms with Crippen molar-refractivity contribution >= 4 is 16.7 Å². The molecule has 0 amide bonds. The van der Waals surface area contributed by atoms with Crippen LogP contribution in [0.2, 0.25) is 0 Å². The van der Waals surface area contributed by atoms with Crippen molar-refractivity contribution in [2.45, 2.75) is 40.5 Å². The lowest BCUT2D eigenvalue weighted by Gasteiger charge is -2.15. The molecule has 0 bridgehead atoms. The monoisotopic (exact) mass is 227 g/mol. The fourth-order valence-corrected chi connectivity index (χ4v) is 1.74. The second-order valence-electron chi connectivity index (χ2n) is 4.71. The number of nitrogens with one attached hydrogen (secondary N) is 1. The highest BCUT2D eigenvalue weighted by molar-refractivity contribution is 7.09. The van der Waals surface area contributed by atoms with Gasteiger partial charge >= 0.3 is 0 Å². The largest absolute Gasteiger partial charge is 0.360 e. The van der Waals surface area contributed by atoms with Crippen LogP contribution in [-0.4, -0.2) is 15.9 Å². The molecule has 86 valence electrons. The van der Waals surface area contributed by atoms with Crippen molar-refractivity contribution in [1.82, 2.24) is 9.36 Å². The van der Waals surface area contributed by atoms with Crippen LogP contribution in [0.3, 0.4) is 0 Å². The Morgan fingerprint density at radius 3 is 2.33 bits per heavy atom. The molecule has 1 aromatic heterocycles. The van der Waals surface area contributed by atoms with E-state index in [1.807, 2.05) is 0 Å². The Balaban J connectivity index is 2.44. The summed E-state index contributed by atoms with van der Waals surface area (Å²) in [5.41, 5.74) is 0. The Bertz CT molecular complexity index is 294. The van der Waals surface area contributed by atoms with Gasteiger partial charge in [0.15, 0.2) is 0 Å². The predicted octanol–water partition coefficient (Wildman–Crippen LogP) is 3.37. The Morgan fingerprint density at radius 1 is 1.20 bits per heavy atom. The highest BCUT2D eigenvalue weighted by Gasteiger charge is 2.10. The maximum Gasteiger partial charge on any atom is 0.202 e. The van der Waals surface area contributed by atoms with Crippen LogP contribution in [0.25, 0.3) is 0 Å². The van der Waals surface area contributed by atoms with Crippen molar-refractivity contribution in [3.05, 3.63) is 5.82 Å². The number of anilines is 1. The lowest BCUT2D eigenvalue weighted by Crippen LogP contribution is -2.16. The van der Waals surface area contributed by atoms with E-state index in [0.29, 0.717) is 17.8 Å². The number of hydrogen-bond donors (Lipinski definition) is 1. The fourth-order valence-electron chi connectivity index (χ4n) is 1.03. The Hall–Kier alpha value is -0.640. The molecule has 0 aromatic carbocycles. The van der Waals surface area contributed by atoms with Crippen LogP contribution >= 0.6 is 11.5 Å². The number of rotatable bonds is 5. The van der Waals surface area contributed by atoms with Crippen LogP contribution in [-0.2, 0) is 0 Å². The molecule has 0 spiro atoms. The molecular formula is C11H21N3S. The molecule has 1 N–H and O–H groups in total. The maximum absolute atomic E-state index is 4.44. The van der Waals surface area contributed by atoms with E-state index in [1.165, 1.54) is 11.5 Å². The molecule has 4 heteroatoms. The Morgan fingerprint density at radius 2 is 1.87 bits per heavy atom. The molecule has 0 radical (unpaired) electrons. The first kappa shape index (κ1) is 12.4. The first-order chi connectivity index (χ1) is 7.00. The quantitative estimate of drug-likeness (QED) is 0.838. The zero-order valence-corrected chi connectivity index (χ0v) is 11.1. The highest BCUT2D eigenvalue weighted by atomic mass is 32.1. The minimum absolute atomic E-state index is 0.416. The van der Waals surface area contributed by atoms with Crippen molar-refractivity contribution in [1.29, 1.82) is 0 Å². The summed E-state index contributed by atoms with van der Waals surface area (Å²) in [5.74, 6) is 2.73. The molecule has 0 saturated carbocycles.